The van der Waals surface area contributed by atoms with E-state index in [4.69, 9.17) is 0 Å². The topological polar surface area (TPSA) is 15.3 Å². The third-order valence-electron chi connectivity index (χ3n) is 2.22. The van der Waals surface area contributed by atoms with Gasteiger partial charge in [0, 0.05) is 0 Å². The molecule has 0 saturated heterocycles. The molecule has 0 aliphatic carbocycles. The first kappa shape index (κ1) is 13.7. The van der Waals surface area contributed by atoms with Crippen LogP contribution in [0, 0.1) is 0 Å². The highest BCUT2D eigenvalue weighted by Gasteiger charge is 1.91. The molecule has 0 spiro atoms. The fourth-order valence-corrected chi connectivity index (χ4v) is 1.36. The van der Waals surface area contributed by atoms with E-state index in [9.17, 15) is 0 Å². The highest BCUT2D eigenvalue weighted by Crippen LogP contribution is 1.98. The third kappa shape index (κ3) is 11.7. The molecule has 0 radical (unpaired) electrons. The number of hydrogen-bond acceptors (Lipinski definition) is 2. The molecule has 84 valence electrons. The zero-order chi connectivity index (χ0) is 10.6. The molecule has 0 bridgehead atoms. The molecular weight excluding hydrogens is 172 g/mol. The van der Waals surface area contributed by atoms with Crippen LogP contribution >= 0.6 is 0 Å². The third-order valence-corrected chi connectivity index (χ3v) is 2.22. The van der Waals surface area contributed by atoms with Gasteiger partial charge in [-0.3, -0.25) is 0 Å². The van der Waals surface area contributed by atoms with Crippen LogP contribution in [-0.4, -0.2) is 38.6 Å². The Balaban J connectivity index is 2.88. The van der Waals surface area contributed by atoms with Crippen LogP contribution < -0.4 is 5.32 Å². The van der Waals surface area contributed by atoms with Gasteiger partial charge in [0.2, 0.25) is 0 Å². The van der Waals surface area contributed by atoms with Crippen LogP contribution in [0.1, 0.15) is 32.1 Å². The Morgan fingerprint density at radius 1 is 1.07 bits per heavy atom. The summed E-state index contributed by atoms with van der Waals surface area (Å²) in [5, 5.41) is 3.47. The lowest BCUT2D eigenvalue weighted by atomic mass is 10.2. The van der Waals surface area contributed by atoms with E-state index in [1.54, 1.807) is 0 Å². The summed E-state index contributed by atoms with van der Waals surface area (Å²) < 4.78 is 0. The summed E-state index contributed by atoms with van der Waals surface area (Å²) in [4.78, 5) is 2.23. The van der Waals surface area contributed by atoms with Crippen molar-refractivity contribution in [2.24, 2.45) is 0 Å². The second-order valence-corrected chi connectivity index (χ2v) is 4.04. The van der Waals surface area contributed by atoms with Crippen LogP contribution in [-0.2, 0) is 0 Å². The maximum Gasteiger partial charge on any atom is -0.00127 e. The zero-order valence-electron chi connectivity index (χ0n) is 9.89. The van der Waals surface area contributed by atoms with E-state index >= 15 is 0 Å². The van der Waals surface area contributed by atoms with Crippen LogP contribution in [0.5, 0.6) is 0 Å². The van der Waals surface area contributed by atoms with Crippen molar-refractivity contribution in [1.82, 2.24) is 10.2 Å². The van der Waals surface area contributed by atoms with Crippen molar-refractivity contribution in [1.29, 1.82) is 0 Å². The van der Waals surface area contributed by atoms with Crippen molar-refractivity contribution in [2.75, 3.05) is 33.7 Å². The van der Waals surface area contributed by atoms with E-state index in [2.05, 4.69) is 30.9 Å². The Kier molecular flexibility index (Phi) is 10.5. The van der Waals surface area contributed by atoms with Crippen molar-refractivity contribution >= 4 is 0 Å². The first-order valence-corrected chi connectivity index (χ1v) is 5.73. The number of unbranched alkanes of at least 4 members (excludes halogenated alkanes) is 3. The summed E-state index contributed by atoms with van der Waals surface area (Å²) in [5.41, 5.74) is 0. The maximum atomic E-state index is 3.72. The largest absolute Gasteiger partial charge is 0.317 e. The second-order valence-electron chi connectivity index (χ2n) is 4.04. The van der Waals surface area contributed by atoms with Gasteiger partial charge in [0.15, 0.2) is 0 Å². The van der Waals surface area contributed by atoms with E-state index in [-0.39, 0.29) is 0 Å². The SMILES string of the molecule is C=CCCCCCNCCCN(C)C. The molecule has 0 aromatic carbocycles. The van der Waals surface area contributed by atoms with Crippen molar-refractivity contribution in [2.45, 2.75) is 32.1 Å². The van der Waals surface area contributed by atoms with Crippen LogP contribution in [0.2, 0.25) is 0 Å². The standard InChI is InChI=1S/C12H26N2/c1-4-5-6-7-8-10-13-11-9-12-14(2)3/h4,13H,1,5-12H2,2-3H3. The minimum absolute atomic E-state index is 1.15. The van der Waals surface area contributed by atoms with E-state index in [0.29, 0.717) is 0 Å². The molecule has 1 N–H and O–H groups in total. The average molecular weight is 198 g/mol. The van der Waals surface area contributed by atoms with Crippen molar-refractivity contribution < 1.29 is 0 Å². The number of hydrogen-bond donors (Lipinski definition) is 1. The summed E-state index contributed by atoms with van der Waals surface area (Å²) >= 11 is 0. The van der Waals surface area contributed by atoms with Crippen molar-refractivity contribution in [3.63, 3.8) is 0 Å². The van der Waals surface area contributed by atoms with E-state index in [1.807, 2.05) is 6.08 Å². The predicted molar refractivity (Wildman–Crippen MR) is 64.7 cm³/mol. The van der Waals surface area contributed by atoms with Crippen molar-refractivity contribution in [3.05, 3.63) is 12.7 Å². The summed E-state index contributed by atoms with van der Waals surface area (Å²) in [5.74, 6) is 0. The molecule has 0 aromatic heterocycles. The Hall–Kier alpha value is -0.340. The van der Waals surface area contributed by atoms with Gasteiger partial charge in [-0.1, -0.05) is 12.5 Å². The van der Waals surface area contributed by atoms with Gasteiger partial charge in [-0.15, -0.1) is 6.58 Å². The molecule has 2 nitrogen and oxygen atoms in total. The summed E-state index contributed by atoms with van der Waals surface area (Å²) in [6.07, 6.45) is 8.34. The zero-order valence-corrected chi connectivity index (χ0v) is 9.89. The van der Waals surface area contributed by atoms with E-state index in [1.165, 1.54) is 45.2 Å². The number of nitrogens with zero attached hydrogens (tertiary/aromatic N) is 1. The lowest BCUT2D eigenvalue weighted by Crippen LogP contribution is -2.22. The van der Waals surface area contributed by atoms with Crippen LogP contribution in [0.3, 0.4) is 0 Å². The van der Waals surface area contributed by atoms with Gasteiger partial charge in [-0.05, 0) is 59.4 Å². The Morgan fingerprint density at radius 2 is 1.79 bits per heavy atom. The molecule has 2 heteroatoms. The number of allylic oxidation sites excluding steroid dienone is 1. The second kappa shape index (κ2) is 10.7. The van der Waals surface area contributed by atoms with Crippen LogP contribution in [0.15, 0.2) is 12.7 Å². The van der Waals surface area contributed by atoms with Gasteiger partial charge in [0.25, 0.3) is 0 Å². The molecule has 0 aliphatic heterocycles. The van der Waals surface area contributed by atoms with Crippen molar-refractivity contribution in [3.8, 4) is 0 Å². The first-order valence-electron chi connectivity index (χ1n) is 5.73. The fraction of sp³-hybridized carbons (Fsp3) is 0.833. The highest BCUT2D eigenvalue weighted by atomic mass is 15.0. The van der Waals surface area contributed by atoms with Crippen LogP contribution in [0.25, 0.3) is 0 Å². The van der Waals surface area contributed by atoms with Gasteiger partial charge >= 0.3 is 0 Å². The minimum Gasteiger partial charge on any atom is -0.317 e. The molecule has 0 saturated carbocycles. The van der Waals surface area contributed by atoms with Gasteiger partial charge in [-0.25, -0.2) is 0 Å². The normalized spacial score (nSPS) is 10.8. The molecule has 0 heterocycles. The van der Waals surface area contributed by atoms with Gasteiger partial charge in [0.1, 0.15) is 0 Å². The molecular formula is C12H26N2. The quantitative estimate of drug-likeness (QED) is 0.428. The smallest absolute Gasteiger partial charge is 0.00127 e. The van der Waals surface area contributed by atoms with E-state index in [0.717, 1.165) is 6.54 Å². The molecule has 0 fully saturated rings. The molecule has 14 heavy (non-hydrogen) atoms. The Labute approximate surface area is 89.4 Å². The fourth-order valence-electron chi connectivity index (χ4n) is 1.36. The lowest BCUT2D eigenvalue weighted by molar-refractivity contribution is 0.394. The van der Waals surface area contributed by atoms with Gasteiger partial charge in [0.05, 0.1) is 0 Å². The first-order chi connectivity index (χ1) is 6.77. The predicted octanol–water partition coefficient (Wildman–Crippen LogP) is 2.27. The summed E-state index contributed by atoms with van der Waals surface area (Å²) in [6.45, 7) is 7.22. The average Bonchev–Trinajstić information content (AvgIpc) is 2.15. The molecule has 0 aromatic rings. The summed E-state index contributed by atoms with van der Waals surface area (Å²) in [6, 6.07) is 0. The molecule has 0 atom stereocenters. The number of rotatable bonds is 10. The molecule has 0 amide bonds. The summed E-state index contributed by atoms with van der Waals surface area (Å²) in [7, 11) is 4.24. The molecule has 0 rings (SSSR count). The highest BCUT2D eigenvalue weighted by molar-refractivity contribution is 4.65. The van der Waals surface area contributed by atoms with E-state index < -0.39 is 0 Å². The molecule has 0 unspecified atom stereocenters. The van der Waals surface area contributed by atoms with Crippen LogP contribution in [0.4, 0.5) is 0 Å². The Bertz CT molecular complexity index is 121. The molecule has 0 aliphatic rings. The maximum absolute atomic E-state index is 3.72. The number of nitrogens with one attached hydrogen (secondary N) is 1. The lowest BCUT2D eigenvalue weighted by Gasteiger charge is -2.09. The van der Waals surface area contributed by atoms with Gasteiger partial charge < -0.3 is 10.2 Å². The minimum atomic E-state index is 1.15. The van der Waals surface area contributed by atoms with Gasteiger partial charge in [-0.2, -0.15) is 0 Å². The monoisotopic (exact) mass is 198 g/mol. The Morgan fingerprint density at radius 3 is 2.43 bits per heavy atom.